The molecule has 0 spiro atoms. The molecular weight excluding hydrogens is 114 g/mol. The van der Waals surface area contributed by atoms with Crippen LogP contribution < -0.4 is 0 Å². The third-order valence-corrected chi connectivity index (χ3v) is 1.66. The van der Waals surface area contributed by atoms with Crippen LogP contribution in [0.1, 0.15) is 20.8 Å². The predicted octanol–water partition coefficient (Wildman–Crippen LogP) is 1.72. The van der Waals surface area contributed by atoms with E-state index in [-0.39, 0.29) is 11.5 Å². The smallest absolute Gasteiger partial charge is 0.206 e. The molecule has 0 unspecified atom stereocenters. The third kappa shape index (κ3) is 0.969. The van der Waals surface area contributed by atoms with Gasteiger partial charge in [-0.3, -0.25) is 5.41 Å². The quantitative estimate of drug-likeness (QED) is 0.525. The average Bonchev–Trinajstić information content (AvgIpc) is 1.79. The van der Waals surface area contributed by atoms with Crippen molar-refractivity contribution in [2.75, 3.05) is 0 Å². The van der Waals surface area contributed by atoms with Crippen LogP contribution in [0.5, 0.6) is 0 Å². The van der Waals surface area contributed by atoms with Gasteiger partial charge in [0.15, 0.2) is 0 Å². The molecule has 1 aliphatic rings. The lowest BCUT2D eigenvalue weighted by Crippen LogP contribution is -2.21. The molecule has 2 nitrogen and oxygen atoms in total. The number of hydrogen-bond donors (Lipinski definition) is 1. The lowest BCUT2D eigenvalue weighted by molar-refractivity contribution is 0.149. The van der Waals surface area contributed by atoms with Gasteiger partial charge in [0.05, 0.1) is 0 Å². The number of hydrogen-bond acceptors (Lipinski definition) is 2. The lowest BCUT2D eigenvalue weighted by Gasteiger charge is -2.19. The summed E-state index contributed by atoms with van der Waals surface area (Å²) in [4.78, 5) is 0. The molecule has 0 atom stereocenters. The van der Waals surface area contributed by atoms with Gasteiger partial charge >= 0.3 is 0 Å². The molecule has 0 aromatic heterocycles. The molecule has 0 aromatic carbocycles. The van der Waals surface area contributed by atoms with Crippen LogP contribution in [-0.2, 0) is 4.74 Å². The molecule has 0 saturated heterocycles. The highest BCUT2D eigenvalue weighted by Gasteiger charge is 2.28. The van der Waals surface area contributed by atoms with Crippen LogP contribution >= 0.6 is 0 Å². The van der Waals surface area contributed by atoms with Crippen molar-refractivity contribution in [1.82, 2.24) is 0 Å². The van der Waals surface area contributed by atoms with Crippen molar-refractivity contribution >= 4 is 5.90 Å². The van der Waals surface area contributed by atoms with Crippen LogP contribution in [0.25, 0.3) is 0 Å². The van der Waals surface area contributed by atoms with Crippen LogP contribution in [0, 0.1) is 5.41 Å². The molecule has 0 radical (unpaired) electrons. The molecule has 9 heavy (non-hydrogen) atoms. The first-order chi connectivity index (χ1) is 4.02. The summed E-state index contributed by atoms with van der Waals surface area (Å²) in [6.07, 6.45) is 1.75. The lowest BCUT2D eigenvalue weighted by atomic mass is 10.0. The largest absolute Gasteiger partial charge is 0.467 e. The number of rotatable bonds is 0. The summed E-state index contributed by atoms with van der Waals surface area (Å²) >= 11 is 0. The Morgan fingerprint density at radius 1 is 1.56 bits per heavy atom. The topological polar surface area (TPSA) is 33.1 Å². The second kappa shape index (κ2) is 1.59. The highest BCUT2D eigenvalue weighted by Crippen LogP contribution is 2.25. The minimum atomic E-state index is -0.239. The Bertz CT molecular complexity index is 179. The van der Waals surface area contributed by atoms with E-state index in [4.69, 9.17) is 10.1 Å². The third-order valence-electron chi connectivity index (χ3n) is 1.66. The molecule has 0 saturated carbocycles. The van der Waals surface area contributed by atoms with Gasteiger partial charge in [-0.1, -0.05) is 0 Å². The molecule has 50 valence electrons. The van der Waals surface area contributed by atoms with Crippen LogP contribution in [0.4, 0.5) is 0 Å². The summed E-state index contributed by atoms with van der Waals surface area (Å²) in [6.45, 7) is 5.89. The van der Waals surface area contributed by atoms with Crippen LogP contribution in [0.15, 0.2) is 11.6 Å². The van der Waals surface area contributed by atoms with E-state index >= 15 is 0 Å². The maximum absolute atomic E-state index is 7.14. The van der Waals surface area contributed by atoms with Crippen molar-refractivity contribution < 1.29 is 4.74 Å². The van der Waals surface area contributed by atoms with Crippen LogP contribution in [0.2, 0.25) is 0 Å². The zero-order valence-electron chi connectivity index (χ0n) is 5.99. The Kier molecular flexibility index (Phi) is 1.12. The van der Waals surface area contributed by atoms with Gasteiger partial charge in [0.2, 0.25) is 5.90 Å². The fourth-order valence-electron chi connectivity index (χ4n) is 0.755. The Balaban J connectivity index is 2.89. The molecule has 1 N–H and O–H groups in total. The van der Waals surface area contributed by atoms with Crippen molar-refractivity contribution in [3.8, 4) is 0 Å². The van der Waals surface area contributed by atoms with Crippen molar-refractivity contribution in [1.29, 1.82) is 5.41 Å². The summed E-state index contributed by atoms with van der Waals surface area (Å²) in [5, 5.41) is 7.14. The second-order valence-electron chi connectivity index (χ2n) is 2.80. The molecule has 1 aliphatic heterocycles. The summed E-state index contributed by atoms with van der Waals surface area (Å²) in [7, 11) is 0. The fourth-order valence-corrected chi connectivity index (χ4v) is 0.755. The summed E-state index contributed by atoms with van der Waals surface area (Å²) in [5.74, 6) is 0.275. The van der Waals surface area contributed by atoms with E-state index in [1.54, 1.807) is 6.08 Å². The van der Waals surface area contributed by atoms with Gasteiger partial charge in [-0.05, 0) is 26.3 Å². The van der Waals surface area contributed by atoms with E-state index in [1.165, 1.54) is 0 Å². The van der Waals surface area contributed by atoms with Gasteiger partial charge in [-0.25, -0.2) is 0 Å². The number of nitrogens with one attached hydrogen (secondary N) is 1. The van der Waals surface area contributed by atoms with E-state index < -0.39 is 0 Å². The molecule has 0 aromatic rings. The monoisotopic (exact) mass is 125 g/mol. The van der Waals surface area contributed by atoms with Crippen LogP contribution in [-0.4, -0.2) is 11.5 Å². The molecule has 2 heteroatoms. The zero-order valence-corrected chi connectivity index (χ0v) is 5.99. The van der Waals surface area contributed by atoms with E-state index in [1.807, 2.05) is 20.8 Å². The molecule has 0 aliphatic carbocycles. The summed E-state index contributed by atoms with van der Waals surface area (Å²) in [5.41, 5.74) is 0.879. The highest BCUT2D eigenvalue weighted by molar-refractivity contribution is 5.88. The van der Waals surface area contributed by atoms with E-state index in [2.05, 4.69) is 0 Å². The van der Waals surface area contributed by atoms with Gasteiger partial charge in [0, 0.05) is 6.08 Å². The normalized spacial score (nSPS) is 23.4. The average molecular weight is 125 g/mol. The Labute approximate surface area is 55.0 Å². The first-order valence-corrected chi connectivity index (χ1v) is 2.99. The minimum absolute atomic E-state index is 0.239. The minimum Gasteiger partial charge on any atom is -0.467 e. The van der Waals surface area contributed by atoms with Crippen molar-refractivity contribution in [3.63, 3.8) is 0 Å². The van der Waals surface area contributed by atoms with E-state index in [0.717, 1.165) is 5.57 Å². The molecule has 0 amide bonds. The zero-order chi connectivity index (χ0) is 7.07. The summed E-state index contributed by atoms with van der Waals surface area (Å²) < 4.78 is 5.15. The molecule has 0 bridgehead atoms. The maximum Gasteiger partial charge on any atom is 0.206 e. The van der Waals surface area contributed by atoms with Crippen molar-refractivity contribution in [2.24, 2.45) is 0 Å². The number of ether oxygens (including phenoxy) is 1. The molecule has 1 rings (SSSR count). The molecule has 0 fully saturated rings. The van der Waals surface area contributed by atoms with Crippen molar-refractivity contribution in [2.45, 2.75) is 26.4 Å². The second-order valence-corrected chi connectivity index (χ2v) is 2.80. The maximum atomic E-state index is 7.14. The van der Waals surface area contributed by atoms with Gasteiger partial charge < -0.3 is 4.74 Å². The van der Waals surface area contributed by atoms with Gasteiger partial charge in [0.1, 0.15) is 5.60 Å². The van der Waals surface area contributed by atoms with Gasteiger partial charge in [-0.15, -0.1) is 0 Å². The van der Waals surface area contributed by atoms with Gasteiger partial charge in [0.25, 0.3) is 0 Å². The van der Waals surface area contributed by atoms with Crippen LogP contribution in [0.3, 0.4) is 0 Å². The molecule has 1 heterocycles. The molecular formula is C7H11NO. The standard InChI is InChI=1S/C7H11NO/c1-5-4-6(8)9-7(5,2)3/h4,8H,1-3H3. The van der Waals surface area contributed by atoms with Crippen molar-refractivity contribution in [3.05, 3.63) is 11.6 Å². The highest BCUT2D eigenvalue weighted by atomic mass is 16.5. The first-order valence-electron chi connectivity index (χ1n) is 2.99. The van der Waals surface area contributed by atoms with Gasteiger partial charge in [-0.2, -0.15) is 0 Å². The Hall–Kier alpha value is -0.790. The first kappa shape index (κ1) is 6.33. The Morgan fingerprint density at radius 3 is 2.22 bits per heavy atom. The predicted molar refractivity (Wildman–Crippen MR) is 36.6 cm³/mol. The fraction of sp³-hybridized carbons (Fsp3) is 0.571. The van der Waals surface area contributed by atoms with E-state index in [0.29, 0.717) is 0 Å². The Morgan fingerprint density at radius 2 is 2.11 bits per heavy atom. The summed E-state index contributed by atoms with van der Waals surface area (Å²) in [6, 6.07) is 0. The van der Waals surface area contributed by atoms with E-state index in [9.17, 15) is 0 Å². The SMILES string of the molecule is CC1=CC(=N)OC1(C)C.